The van der Waals surface area contributed by atoms with Crippen molar-refractivity contribution in [2.45, 2.75) is 31.7 Å². The number of benzene rings is 2. The van der Waals surface area contributed by atoms with Crippen LogP contribution in [0.15, 0.2) is 65.6 Å². The maximum Gasteiger partial charge on any atom is 0.390 e. The van der Waals surface area contributed by atoms with Gasteiger partial charge in [0, 0.05) is 30.8 Å². The fourth-order valence-electron chi connectivity index (χ4n) is 4.55. The van der Waals surface area contributed by atoms with Crippen LogP contribution in [0.5, 0.6) is 11.5 Å². The molecule has 1 saturated heterocycles. The molecule has 3 aromatic rings. The number of hydrogen-bond donors (Lipinski definition) is 1. The van der Waals surface area contributed by atoms with Crippen molar-refractivity contribution in [2.75, 3.05) is 25.1 Å². The highest BCUT2D eigenvalue weighted by Crippen LogP contribution is 2.36. The van der Waals surface area contributed by atoms with Crippen LogP contribution in [-0.2, 0) is 11.3 Å². The summed E-state index contributed by atoms with van der Waals surface area (Å²) in [6.07, 6.45) is -4.62. The maximum atomic E-state index is 13.6. The Labute approximate surface area is 230 Å². The Morgan fingerprint density at radius 2 is 1.71 bits per heavy atom. The molecule has 14 heteroatoms. The molecule has 2 amide bonds. The van der Waals surface area contributed by atoms with E-state index in [1.165, 1.54) is 42.3 Å². The van der Waals surface area contributed by atoms with E-state index < -0.39 is 55.0 Å². The van der Waals surface area contributed by atoms with E-state index in [-0.39, 0.29) is 30.1 Å². The van der Waals surface area contributed by atoms with E-state index >= 15 is 0 Å². The molecule has 1 unspecified atom stereocenters. The molecule has 218 valence electrons. The van der Waals surface area contributed by atoms with Crippen molar-refractivity contribution >= 4 is 17.5 Å². The average Bonchev–Trinajstić information content (AvgIpc) is 3.26. The van der Waals surface area contributed by atoms with Gasteiger partial charge in [0.1, 0.15) is 17.2 Å². The van der Waals surface area contributed by atoms with Crippen LogP contribution in [-0.4, -0.2) is 54.6 Å². The monoisotopic (exact) mass is 580 g/mol. The van der Waals surface area contributed by atoms with Gasteiger partial charge >= 0.3 is 12.8 Å². The summed E-state index contributed by atoms with van der Waals surface area (Å²) in [7, 11) is 1.49. The lowest BCUT2D eigenvalue weighted by Crippen LogP contribution is -2.38. The fourth-order valence-corrected chi connectivity index (χ4v) is 4.55. The van der Waals surface area contributed by atoms with E-state index in [2.05, 4.69) is 15.2 Å². The van der Waals surface area contributed by atoms with Crippen molar-refractivity contribution < 1.29 is 41.0 Å². The molecule has 1 N–H and O–H groups in total. The van der Waals surface area contributed by atoms with Gasteiger partial charge in [-0.1, -0.05) is 12.1 Å². The van der Waals surface area contributed by atoms with Crippen LogP contribution < -0.4 is 25.2 Å². The van der Waals surface area contributed by atoms with Gasteiger partial charge in [-0.25, -0.2) is 4.68 Å². The van der Waals surface area contributed by atoms with E-state index in [1.54, 1.807) is 24.3 Å². The van der Waals surface area contributed by atoms with Gasteiger partial charge < -0.3 is 19.7 Å². The van der Waals surface area contributed by atoms with Gasteiger partial charge in [0.05, 0.1) is 26.0 Å². The molecule has 1 aliphatic rings. The summed E-state index contributed by atoms with van der Waals surface area (Å²) in [6.45, 7) is -3.85. The normalized spacial score (nSPS) is 17.1. The largest absolute Gasteiger partial charge is 0.497 e. The van der Waals surface area contributed by atoms with E-state index in [0.717, 1.165) is 6.20 Å². The van der Waals surface area contributed by atoms with Gasteiger partial charge in [-0.05, 0) is 48.0 Å². The average molecular weight is 581 g/mol. The molecule has 2 heterocycles. The zero-order chi connectivity index (χ0) is 29.7. The van der Waals surface area contributed by atoms with E-state index in [0.29, 0.717) is 16.0 Å². The van der Waals surface area contributed by atoms with Crippen LogP contribution in [0.2, 0.25) is 0 Å². The number of anilines is 1. The van der Waals surface area contributed by atoms with Crippen LogP contribution in [0.25, 0.3) is 0 Å². The van der Waals surface area contributed by atoms with Crippen LogP contribution in [0.1, 0.15) is 28.3 Å². The Kier molecular flexibility index (Phi) is 8.89. The number of carbonyl (C=O) groups excluding carboxylic acids is 2. The zero-order valence-corrected chi connectivity index (χ0v) is 21.6. The first kappa shape index (κ1) is 29.5. The number of amides is 2. The lowest BCUT2D eigenvalue weighted by Gasteiger charge is -2.18. The highest BCUT2D eigenvalue weighted by molar-refractivity contribution is 5.99. The number of hydrogen-bond acceptors (Lipinski definition) is 6. The van der Waals surface area contributed by atoms with E-state index in [4.69, 9.17) is 4.74 Å². The number of carbonyl (C=O) groups is 2. The minimum Gasteiger partial charge on any atom is -0.497 e. The minimum atomic E-state index is -4.50. The van der Waals surface area contributed by atoms with Gasteiger partial charge in [-0.3, -0.25) is 14.4 Å². The van der Waals surface area contributed by atoms with Crippen LogP contribution in [0.4, 0.5) is 27.6 Å². The van der Waals surface area contributed by atoms with Crippen LogP contribution >= 0.6 is 0 Å². The van der Waals surface area contributed by atoms with E-state index in [9.17, 15) is 36.3 Å². The van der Waals surface area contributed by atoms with Crippen LogP contribution in [0, 0.1) is 5.92 Å². The first-order chi connectivity index (χ1) is 19.5. The summed E-state index contributed by atoms with van der Waals surface area (Å²) in [5.74, 6) is -2.00. The highest BCUT2D eigenvalue weighted by atomic mass is 19.4. The van der Waals surface area contributed by atoms with Crippen molar-refractivity contribution in [2.24, 2.45) is 5.92 Å². The lowest BCUT2D eigenvalue weighted by molar-refractivity contribution is -0.137. The zero-order valence-electron chi connectivity index (χ0n) is 21.6. The topological polar surface area (TPSA) is 103 Å². The first-order valence-corrected chi connectivity index (χ1v) is 12.4. The number of aryl methyl sites for hydroxylation is 1. The maximum absolute atomic E-state index is 13.6. The van der Waals surface area contributed by atoms with Crippen molar-refractivity contribution in [1.29, 1.82) is 0 Å². The van der Waals surface area contributed by atoms with Gasteiger partial charge in [-0.15, -0.1) is 0 Å². The summed E-state index contributed by atoms with van der Waals surface area (Å²) < 4.78 is 73.1. The number of nitrogens with one attached hydrogen (secondary N) is 1. The number of halogens is 5. The summed E-state index contributed by atoms with van der Waals surface area (Å²) >= 11 is 0. The number of rotatable bonds is 10. The molecule has 0 aliphatic carbocycles. The molecule has 0 bridgehead atoms. The molecule has 1 aliphatic heterocycles. The molecule has 9 nitrogen and oxygen atoms in total. The van der Waals surface area contributed by atoms with Crippen molar-refractivity contribution in [1.82, 2.24) is 15.1 Å². The Morgan fingerprint density at radius 3 is 2.32 bits per heavy atom. The quantitative estimate of drug-likeness (QED) is 0.364. The second kappa shape index (κ2) is 12.4. The molecule has 1 aromatic heterocycles. The molecule has 2 atom stereocenters. The van der Waals surface area contributed by atoms with Gasteiger partial charge in [0.15, 0.2) is 0 Å². The summed E-state index contributed by atoms with van der Waals surface area (Å²) in [5, 5.41) is 6.38. The number of alkyl halides is 5. The standard InChI is InChI=1S/C27H25F5N4O5/c1-40-18-6-2-16(3-7-18)21-15-35(22-10-12-34-36(25(22)39)13-11-27(30,31)32)24(38)20(21)14-33-23(37)17-4-8-19(9-5-17)41-26(28)29/h2-10,12,20-21,26H,11,13-15H2,1H3,(H,33,37)/t20?,21-/m0/s1. The Bertz CT molecular complexity index is 1430. The fraction of sp³-hybridized carbons (Fsp3) is 0.333. The third kappa shape index (κ3) is 7.18. The molecule has 0 spiro atoms. The summed E-state index contributed by atoms with van der Waals surface area (Å²) in [6, 6.07) is 13.1. The minimum absolute atomic E-state index is 0.0177. The molecule has 0 saturated carbocycles. The number of ether oxygens (including phenoxy) is 2. The van der Waals surface area contributed by atoms with Gasteiger partial charge in [0.25, 0.3) is 11.5 Å². The lowest BCUT2D eigenvalue weighted by atomic mass is 9.88. The Morgan fingerprint density at radius 1 is 1.05 bits per heavy atom. The smallest absolute Gasteiger partial charge is 0.390 e. The highest BCUT2D eigenvalue weighted by Gasteiger charge is 2.43. The van der Waals surface area contributed by atoms with Gasteiger partial charge in [0.2, 0.25) is 5.91 Å². The third-order valence-electron chi connectivity index (χ3n) is 6.61. The number of nitrogens with zero attached hydrogens (tertiary/aromatic N) is 3. The molecular weight excluding hydrogens is 555 g/mol. The van der Waals surface area contributed by atoms with Crippen LogP contribution in [0.3, 0.4) is 0 Å². The number of methoxy groups -OCH3 is 1. The second-order valence-electron chi connectivity index (χ2n) is 9.16. The molecule has 41 heavy (non-hydrogen) atoms. The second-order valence-corrected chi connectivity index (χ2v) is 9.16. The molecule has 4 rings (SSSR count). The molecule has 2 aromatic carbocycles. The molecule has 0 radical (unpaired) electrons. The van der Waals surface area contributed by atoms with Crippen molar-refractivity contribution in [3.8, 4) is 11.5 Å². The molecular formula is C27H25F5N4O5. The Hall–Kier alpha value is -4.49. The van der Waals surface area contributed by atoms with Crippen molar-refractivity contribution in [3.63, 3.8) is 0 Å². The summed E-state index contributed by atoms with van der Waals surface area (Å²) in [5.41, 5.74) is -0.138. The third-order valence-corrected chi connectivity index (χ3v) is 6.61. The summed E-state index contributed by atoms with van der Waals surface area (Å²) in [4.78, 5) is 40.6. The molecule has 1 fully saturated rings. The predicted molar refractivity (Wildman–Crippen MR) is 136 cm³/mol. The SMILES string of the molecule is COc1ccc([C@@H]2CN(c3ccnn(CCC(F)(F)F)c3=O)C(=O)C2CNC(=O)c2ccc(OC(F)F)cc2)cc1. The van der Waals surface area contributed by atoms with Gasteiger partial charge in [-0.2, -0.15) is 27.1 Å². The van der Waals surface area contributed by atoms with E-state index in [1.807, 2.05) is 0 Å². The number of aromatic nitrogens is 2. The predicted octanol–water partition coefficient (Wildman–Crippen LogP) is 3.98. The Balaban J connectivity index is 1.57. The van der Waals surface area contributed by atoms with Crippen molar-refractivity contribution in [3.05, 3.63) is 82.3 Å². The first-order valence-electron chi connectivity index (χ1n) is 12.4.